The first-order valence-electron chi connectivity index (χ1n) is 10.3. The van der Waals surface area contributed by atoms with Crippen molar-refractivity contribution in [2.24, 2.45) is 0 Å². The normalized spacial score (nSPS) is 13.8. The van der Waals surface area contributed by atoms with Crippen molar-refractivity contribution in [2.45, 2.75) is 32.1 Å². The van der Waals surface area contributed by atoms with Crippen LogP contribution in [0.1, 0.15) is 30.5 Å². The van der Waals surface area contributed by atoms with Gasteiger partial charge in [0.05, 0.1) is 5.52 Å². The molecule has 0 N–H and O–H groups in total. The van der Waals surface area contributed by atoms with E-state index in [9.17, 15) is 0 Å². The maximum atomic E-state index is 4.64. The molecule has 2 aliphatic rings. The summed E-state index contributed by atoms with van der Waals surface area (Å²) >= 11 is 4.64. The van der Waals surface area contributed by atoms with Gasteiger partial charge in [-0.3, -0.25) is 6.08 Å². The number of allylic oxidation sites excluding steroid dienone is 4. The predicted molar refractivity (Wildman–Crippen MR) is 126 cm³/mol. The van der Waals surface area contributed by atoms with Gasteiger partial charge in [0.25, 0.3) is 0 Å². The SMILES string of the molecule is CCl.[C-]1=CC=CC1.[Zr+2].c1ccc2[cH-]c(-n3c4c(c5ccccc53)CCCC4)cc2c1. The fraction of sp³-hybridized carbons (Fsp3) is 0.222. The molecule has 0 bridgehead atoms. The summed E-state index contributed by atoms with van der Waals surface area (Å²) in [5, 5.41) is 4.11. The second kappa shape index (κ2) is 11.0. The van der Waals surface area contributed by atoms with Gasteiger partial charge < -0.3 is 4.57 Å². The molecule has 0 unspecified atom stereocenters. The number of benzene rings is 2. The first kappa shape index (κ1) is 22.9. The summed E-state index contributed by atoms with van der Waals surface area (Å²) in [5.41, 5.74) is 5.79. The number of aryl methyl sites for hydroxylation is 1. The van der Waals surface area contributed by atoms with Gasteiger partial charge in [0, 0.05) is 17.5 Å². The number of aromatic nitrogens is 1. The number of para-hydroxylation sites is 1. The van der Waals surface area contributed by atoms with Gasteiger partial charge in [0.15, 0.2) is 0 Å². The topological polar surface area (TPSA) is 4.93 Å². The zero-order valence-electron chi connectivity index (χ0n) is 17.4. The maximum Gasteiger partial charge on any atom is 2.00 e. The van der Waals surface area contributed by atoms with Gasteiger partial charge in [-0.05, 0) is 43.0 Å². The van der Waals surface area contributed by atoms with E-state index in [-0.39, 0.29) is 26.2 Å². The molecule has 0 aliphatic heterocycles. The molecule has 0 fully saturated rings. The fourth-order valence-electron chi connectivity index (χ4n) is 4.39. The molecule has 0 saturated carbocycles. The van der Waals surface area contributed by atoms with E-state index in [1.807, 2.05) is 12.2 Å². The Balaban J connectivity index is 0.000000279. The van der Waals surface area contributed by atoms with Crippen LogP contribution in [0.4, 0.5) is 0 Å². The quantitative estimate of drug-likeness (QED) is 0.192. The van der Waals surface area contributed by atoms with Gasteiger partial charge in [-0.1, -0.05) is 24.3 Å². The fourth-order valence-corrected chi connectivity index (χ4v) is 4.39. The molecule has 1 nitrogen and oxygen atoms in total. The molecule has 3 heteroatoms. The van der Waals surface area contributed by atoms with Crippen molar-refractivity contribution in [3.63, 3.8) is 0 Å². The summed E-state index contributed by atoms with van der Waals surface area (Å²) in [4.78, 5) is 0. The second-order valence-electron chi connectivity index (χ2n) is 7.33. The minimum absolute atomic E-state index is 0. The Morgan fingerprint density at radius 2 is 1.73 bits per heavy atom. The van der Waals surface area contributed by atoms with Crippen LogP contribution < -0.4 is 0 Å². The second-order valence-corrected chi connectivity index (χ2v) is 7.33. The largest absolute Gasteiger partial charge is 2.00 e. The zero-order valence-corrected chi connectivity index (χ0v) is 20.6. The first-order valence-corrected chi connectivity index (χ1v) is 11.0. The maximum absolute atomic E-state index is 4.64. The predicted octanol–water partition coefficient (Wildman–Crippen LogP) is 7.54. The Morgan fingerprint density at radius 1 is 0.967 bits per heavy atom. The molecule has 150 valence electrons. The van der Waals surface area contributed by atoms with Crippen molar-refractivity contribution in [1.29, 1.82) is 0 Å². The summed E-state index contributed by atoms with van der Waals surface area (Å²) < 4.78 is 2.50. The minimum atomic E-state index is 0. The molecule has 1 heterocycles. The summed E-state index contributed by atoms with van der Waals surface area (Å²) in [6.45, 7) is 0. The Bertz CT molecular complexity index is 1120. The van der Waals surface area contributed by atoms with Crippen LogP contribution >= 0.6 is 11.6 Å². The van der Waals surface area contributed by atoms with Gasteiger partial charge in [-0.15, -0.1) is 59.1 Å². The Morgan fingerprint density at radius 3 is 2.47 bits per heavy atom. The minimum Gasteiger partial charge on any atom is -0.332 e. The molecule has 0 amide bonds. The van der Waals surface area contributed by atoms with Gasteiger partial charge in [0.2, 0.25) is 0 Å². The molecular formula is C27H26ClNZr. The Hall–Kier alpha value is -1.76. The average Bonchev–Trinajstić information content (AvgIpc) is 3.54. The van der Waals surface area contributed by atoms with Crippen molar-refractivity contribution < 1.29 is 26.2 Å². The van der Waals surface area contributed by atoms with E-state index in [2.05, 4.69) is 89.0 Å². The molecule has 2 aliphatic carbocycles. The van der Waals surface area contributed by atoms with E-state index < -0.39 is 0 Å². The number of alkyl halides is 1. The van der Waals surface area contributed by atoms with Crippen LogP contribution in [-0.2, 0) is 39.0 Å². The van der Waals surface area contributed by atoms with Crippen LogP contribution in [0.3, 0.4) is 0 Å². The summed E-state index contributed by atoms with van der Waals surface area (Å²) in [5.74, 6) is 0. The molecule has 0 atom stereocenters. The molecule has 4 aromatic rings. The number of hydrogen-bond acceptors (Lipinski definition) is 0. The van der Waals surface area contributed by atoms with Crippen LogP contribution in [0.5, 0.6) is 0 Å². The Labute approximate surface area is 203 Å². The zero-order chi connectivity index (χ0) is 20.1. The van der Waals surface area contributed by atoms with Crippen LogP contribution in [0.25, 0.3) is 27.4 Å². The molecule has 30 heavy (non-hydrogen) atoms. The van der Waals surface area contributed by atoms with Crippen LogP contribution in [0.15, 0.2) is 78.9 Å². The van der Waals surface area contributed by atoms with Crippen molar-refractivity contribution in [3.8, 4) is 5.69 Å². The standard InChI is InChI=1S/C21H18N.C5H5.CH3Cl.Zr/c1-2-8-16-14-17(13-15(16)7-1)22-20-11-5-3-9-18(20)19-10-4-6-12-21(19)22;1-2-4-5-3-1;1-2;/h1-3,5,7-9,11,13-14H,4,6,10,12H2;1-3H,4H2;1H3;/q2*-1;;+2. The van der Waals surface area contributed by atoms with Crippen LogP contribution in [-0.4, -0.2) is 11.0 Å². The summed E-state index contributed by atoms with van der Waals surface area (Å²) in [6.07, 6.45) is 16.5. The molecular weight excluding hydrogens is 465 g/mol. The Kier molecular flexibility index (Phi) is 8.43. The summed E-state index contributed by atoms with van der Waals surface area (Å²) in [6, 6.07) is 22.2. The molecule has 0 radical (unpaired) electrons. The molecule has 0 saturated heterocycles. The number of fused-ring (bicyclic) bond motifs is 4. The van der Waals surface area contributed by atoms with Crippen molar-refractivity contribution >= 4 is 33.3 Å². The van der Waals surface area contributed by atoms with Crippen LogP contribution in [0, 0.1) is 6.08 Å². The van der Waals surface area contributed by atoms with Gasteiger partial charge >= 0.3 is 26.2 Å². The van der Waals surface area contributed by atoms with Gasteiger partial charge in [-0.2, -0.15) is 6.08 Å². The molecule has 6 rings (SSSR count). The average molecular weight is 491 g/mol. The smallest absolute Gasteiger partial charge is 0.332 e. The van der Waals surface area contributed by atoms with E-state index >= 15 is 0 Å². The third kappa shape index (κ3) is 4.61. The molecule has 3 aromatic carbocycles. The number of hydrogen-bond donors (Lipinski definition) is 0. The third-order valence-corrected chi connectivity index (χ3v) is 5.63. The van der Waals surface area contributed by atoms with E-state index in [0.717, 1.165) is 6.42 Å². The van der Waals surface area contributed by atoms with E-state index in [4.69, 9.17) is 0 Å². The van der Waals surface area contributed by atoms with E-state index in [0.29, 0.717) is 0 Å². The molecule has 1 aromatic heterocycles. The van der Waals surface area contributed by atoms with E-state index in [1.165, 1.54) is 65.1 Å². The number of rotatable bonds is 1. The third-order valence-electron chi connectivity index (χ3n) is 5.63. The monoisotopic (exact) mass is 489 g/mol. The van der Waals surface area contributed by atoms with Crippen molar-refractivity contribution in [2.75, 3.05) is 6.38 Å². The number of halogens is 1. The first-order chi connectivity index (χ1) is 14.4. The van der Waals surface area contributed by atoms with Crippen LogP contribution in [0.2, 0.25) is 0 Å². The molecule has 0 spiro atoms. The van der Waals surface area contributed by atoms with Crippen molar-refractivity contribution in [1.82, 2.24) is 4.57 Å². The number of nitrogens with zero attached hydrogens (tertiary/aromatic N) is 1. The summed E-state index contributed by atoms with van der Waals surface area (Å²) in [7, 11) is 0. The van der Waals surface area contributed by atoms with Gasteiger partial charge in [-0.25, -0.2) is 12.2 Å². The van der Waals surface area contributed by atoms with Crippen molar-refractivity contribution in [3.05, 3.63) is 96.2 Å². The van der Waals surface area contributed by atoms with Gasteiger partial charge in [0.1, 0.15) is 0 Å². The van der Waals surface area contributed by atoms with E-state index in [1.54, 1.807) is 5.56 Å².